The molecule has 0 radical (unpaired) electrons. The van der Waals surface area contributed by atoms with Crippen LogP contribution in [0.2, 0.25) is 5.02 Å². The summed E-state index contributed by atoms with van der Waals surface area (Å²) in [5.74, 6) is 0.402. The van der Waals surface area contributed by atoms with Gasteiger partial charge in [-0.25, -0.2) is 4.98 Å². The molecule has 3 rings (SSSR count). The van der Waals surface area contributed by atoms with E-state index < -0.39 is 6.10 Å². The lowest BCUT2D eigenvalue weighted by Gasteiger charge is -2.15. The number of anilines is 1. The molecule has 24 heavy (non-hydrogen) atoms. The van der Waals surface area contributed by atoms with Gasteiger partial charge in [-0.05, 0) is 37.3 Å². The highest BCUT2D eigenvalue weighted by Gasteiger charge is 2.15. The van der Waals surface area contributed by atoms with Gasteiger partial charge in [-0.3, -0.25) is 4.79 Å². The first-order chi connectivity index (χ1) is 11.6. The summed E-state index contributed by atoms with van der Waals surface area (Å²) < 4.78 is 7.40. The molecule has 5 nitrogen and oxygen atoms in total. The number of para-hydroxylation sites is 1. The molecule has 122 valence electrons. The summed E-state index contributed by atoms with van der Waals surface area (Å²) in [6.45, 7) is 1.70. The van der Waals surface area contributed by atoms with Crippen molar-refractivity contribution in [1.29, 1.82) is 0 Å². The number of hydrogen-bond donors (Lipinski definition) is 1. The number of nitrogens with zero attached hydrogens (tertiary/aromatic N) is 2. The summed E-state index contributed by atoms with van der Waals surface area (Å²) in [6.07, 6.45) is 4.51. The molecule has 3 aromatic rings. The third kappa shape index (κ3) is 3.75. The monoisotopic (exact) mass is 341 g/mol. The quantitative estimate of drug-likeness (QED) is 0.765. The number of benzene rings is 2. The fraction of sp³-hybridized carbons (Fsp3) is 0.111. The Kier molecular flexibility index (Phi) is 4.82. The number of carbonyl (C=O) groups is 1. The van der Waals surface area contributed by atoms with Gasteiger partial charge in [0.1, 0.15) is 5.75 Å². The number of ether oxygens (including phenoxy) is 1. The van der Waals surface area contributed by atoms with Gasteiger partial charge in [0, 0.05) is 18.1 Å². The predicted octanol–water partition coefficient (Wildman–Crippen LogP) is 3.93. The van der Waals surface area contributed by atoms with Gasteiger partial charge in [-0.15, -0.1) is 0 Å². The molecule has 0 saturated carbocycles. The summed E-state index contributed by atoms with van der Waals surface area (Å²) >= 11 is 6.28. The minimum absolute atomic E-state index is 0.245. The van der Waals surface area contributed by atoms with Crippen LogP contribution in [-0.2, 0) is 4.79 Å². The maximum absolute atomic E-state index is 12.2. The average molecular weight is 342 g/mol. The van der Waals surface area contributed by atoms with E-state index in [0.29, 0.717) is 16.5 Å². The zero-order chi connectivity index (χ0) is 16.9. The lowest BCUT2D eigenvalue weighted by Crippen LogP contribution is -2.30. The smallest absolute Gasteiger partial charge is 0.265 e. The molecule has 0 spiro atoms. The molecule has 6 heteroatoms. The van der Waals surface area contributed by atoms with E-state index in [2.05, 4.69) is 10.3 Å². The number of hydrogen-bond acceptors (Lipinski definition) is 3. The van der Waals surface area contributed by atoms with Crippen molar-refractivity contribution >= 4 is 23.2 Å². The lowest BCUT2D eigenvalue weighted by atomic mass is 10.2. The zero-order valence-electron chi connectivity index (χ0n) is 13.0. The van der Waals surface area contributed by atoms with E-state index in [9.17, 15) is 4.79 Å². The molecule has 0 saturated heterocycles. The standard InChI is InChI=1S/C18H16ClN3O2/c1-13(24-15-5-3-2-4-6-15)18(23)21-14-7-8-17(16(19)11-14)22-10-9-20-12-22/h2-13H,1H3,(H,21,23). The zero-order valence-corrected chi connectivity index (χ0v) is 13.8. The number of halogens is 1. The molecule has 0 fully saturated rings. The van der Waals surface area contributed by atoms with Gasteiger partial charge < -0.3 is 14.6 Å². The number of amides is 1. The van der Waals surface area contributed by atoms with Crippen LogP contribution in [0.4, 0.5) is 5.69 Å². The van der Waals surface area contributed by atoms with E-state index in [4.69, 9.17) is 16.3 Å². The number of aromatic nitrogens is 2. The van der Waals surface area contributed by atoms with Crippen molar-refractivity contribution in [3.8, 4) is 11.4 Å². The second-order valence-corrected chi connectivity index (χ2v) is 5.61. The maximum Gasteiger partial charge on any atom is 0.265 e. The van der Waals surface area contributed by atoms with Crippen molar-refractivity contribution in [2.45, 2.75) is 13.0 Å². The van der Waals surface area contributed by atoms with E-state index in [1.807, 2.05) is 24.3 Å². The minimum atomic E-state index is -0.625. The molecule has 0 aliphatic rings. The first kappa shape index (κ1) is 16.1. The molecule has 1 heterocycles. The van der Waals surface area contributed by atoms with E-state index in [-0.39, 0.29) is 5.91 Å². The molecule has 1 atom stereocenters. The van der Waals surface area contributed by atoms with Crippen LogP contribution in [0.3, 0.4) is 0 Å². The van der Waals surface area contributed by atoms with Gasteiger partial charge in [0.05, 0.1) is 17.0 Å². The van der Waals surface area contributed by atoms with Crippen LogP contribution in [0.25, 0.3) is 5.69 Å². The van der Waals surface area contributed by atoms with Crippen molar-refractivity contribution in [1.82, 2.24) is 9.55 Å². The summed E-state index contributed by atoms with van der Waals surface area (Å²) in [5.41, 5.74) is 1.40. The molecular formula is C18H16ClN3O2. The summed E-state index contributed by atoms with van der Waals surface area (Å²) in [7, 11) is 0. The second kappa shape index (κ2) is 7.19. The first-order valence-corrected chi connectivity index (χ1v) is 7.82. The molecule has 0 aliphatic carbocycles. The SMILES string of the molecule is CC(Oc1ccccc1)C(=O)Nc1ccc(-n2ccnc2)c(Cl)c1. The molecule has 0 aliphatic heterocycles. The first-order valence-electron chi connectivity index (χ1n) is 7.44. The predicted molar refractivity (Wildman–Crippen MR) is 93.7 cm³/mol. The molecule has 1 aromatic heterocycles. The minimum Gasteiger partial charge on any atom is -0.481 e. The van der Waals surface area contributed by atoms with E-state index in [0.717, 1.165) is 5.69 Å². The van der Waals surface area contributed by atoms with Gasteiger partial charge in [0.25, 0.3) is 5.91 Å². The fourth-order valence-electron chi connectivity index (χ4n) is 2.20. The van der Waals surface area contributed by atoms with Gasteiger partial charge in [0.2, 0.25) is 0 Å². The molecule has 1 N–H and O–H groups in total. The third-order valence-electron chi connectivity index (χ3n) is 3.42. The Labute approximate surface area is 144 Å². The second-order valence-electron chi connectivity index (χ2n) is 5.20. The van der Waals surface area contributed by atoms with Crippen LogP contribution in [0.1, 0.15) is 6.92 Å². The van der Waals surface area contributed by atoms with Crippen molar-refractivity contribution in [2.75, 3.05) is 5.32 Å². The van der Waals surface area contributed by atoms with Crippen LogP contribution in [-0.4, -0.2) is 21.6 Å². The molecular weight excluding hydrogens is 326 g/mol. The summed E-state index contributed by atoms with van der Waals surface area (Å²) in [5, 5.41) is 3.32. The number of nitrogens with one attached hydrogen (secondary N) is 1. The van der Waals surface area contributed by atoms with Gasteiger partial charge in [0.15, 0.2) is 6.10 Å². The van der Waals surface area contributed by atoms with Gasteiger partial charge >= 0.3 is 0 Å². The highest BCUT2D eigenvalue weighted by atomic mass is 35.5. The maximum atomic E-state index is 12.2. The van der Waals surface area contributed by atoms with Crippen molar-refractivity contribution in [3.05, 3.63) is 72.3 Å². The Morgan fingerprint density at radius 3 is 2.71 bits per heavy atom. The van der Waals surface area contributed by atoms with Crippen LogP contribution >= 0.6 is 11.6 Å². The Bertz CT molecular complexity index is 820. The third-order valence-corrected chi connectivity index (χ3v) is 3.73. The number of rotatable bonds is 5. The Balaban J connectivity index is 1.67. The van der Waals surface area contributed by atoms with E-state index >= 15 is 0 Å². The van der Waals surface area contributed by atoms with Crippen LogP contribution in [0, 0.1) is 0 Å². The topological polar surface area (TPSA) is 56.1 Å². The van der Waals surface area contributed by atoms with Gasteiger partial charge in [-0.1, -0.05) is 29.8 Å². The van der Waals surface area contributed by atoms with Crippen LogP contribution in [0.5, 0.6) is 5.75 Å². The normalized spacial score (nSPS) is 11.8. The van der Waals surface area contributed by atoms with Crippen LogP contribution in [0.15, 0.2) is 67.3 Å². The summed E-state index contributed by atoms with van der Waals surface area (Å²) in [6, 6.07) is 14.5. The molecule has 1 amide bonds. The fourth-order valence-corrected chi connectivity index (χ4v) is 2.47. The largest absolute Gasteiger partial charge is 0.481 e. The van der Waals surface area contributed by atoms with Crippen molar-refractivity contribution in [3.63, 3.8) is 0 Å². The Morgan fingerprint density at radius 1 is 1.25 bits per heavy atom. The summed E-state index contributed by atoms with van der Waals surface area (Å²) in [4.78, 5) is 16.2. The van der Waals surface area contributed by atoms with Crippen molar-refractivity contribution in [2.24, 2.45) is 0 Å². The van der Waals surface area contributed by atoms with Crippen LogP contribution < -0.4 is 10.1 Å². The Morgan fingerprint density at radius 2 is 2.04 bits per heavy atom. The lowest BCUT2D eigenvalue weighted by molar-refractivity contribution is -0.122. The highest BCUT2D eigenvalue weighted by Crippen LogP contribution is 2.24. The highest BCUT2D eigenvalue weighted by molar-refractivity contribution is 6.32. The number of carbonyl (C=O) groups excluding carboxylic acids is 1. The van der Waals surface area contributed by atoms with Gasteiger partial charge in [-0.2, -0.15) is 0 Å². The van der Waals surface area contributed by atoms with E-state index in [1.54, 1.807) is 54.5 Å². The average Bonchev–Trinajstić information content (AvgIpc) is 3.10. The number of imidazole rings is 1. The van der Waals surface area contributed by atoms with Crippen molar-refractivity contribution < 1.29 is 9.53 Å². The molecule has 1 unspecified atom stereocenters. The van der Waals surface area contributed by atoms with E-state index in [1.165, 1.54) is 0 Å². The molecule has 2 aromatic carbocycles. The Hall–Kier alpha value is -2.79. The molecule has 0 bridgehead atoms.